The van der Waals surface area contributed by atoms with E-state index >= 15 is 0 Å². The maximum Gasteiger partial charge on any atom is 0.433 e. The lowest BCUT2D eigenvalue weighted by molar-refractivity contribution is -0.402. The zero-order chi connectivity index (χ0) is 17.1. The molecule has 2 aromatic heterocycles. The van der Waals surface area contributed by atoms with Gasteiger partial charge in [-0.15, -0.1) is 0 Å². The van der Waals surface area contributed by atoms with Crippen molar-refractivity contribution in [3.8, 4) is 0 Å². The molecule has 12 heteroatoms. The highest BCUT2D eigenvalue weighted by molar-refractivity contribution is 5.93. The van der Waals surface area contributed by atoms with Gasteiger partial charge in [0.1, 0.15) is 9.85 Å². The van der Waals surface area contributed by atoms with Crippen LogP contribution in [0.5, 0.6) is 0 Å². The lowest BCUT2D eigenvalue weighted by atomic mass is 10.4. The lowest BCUT2D eigenvalue weighted by Crippen LogP contribution is -2.29. The zero-order valence-electron chi connectivity index (χ0n) is 11.3. The van der Waals surface area contributed by atoms with Gasteiger partial charge in [0.25, 0.3) is 0 Å². The van der Waals surface area contributed by atoms with Crippen molar-refractivity contribution in [3.05, 3.63) is 56.0 Å². The molecule has 1 amide bonds. The quantitative estimate of drug-likeness (QED) is 0.599. The van der Waals surface area contributed by atoms with Gasteiger partial charge in [0.15, 0.2) is 0 Å². The topological polar surface area (TPSA) is 159 Å². The van der Waals surface area contributed by atoms with Crippen LogP contribution in [0.2, 0.25) is 0 Å². The summed E-state index contributed by atoms with van der Waals surface area (Å²) in [5.74, 6) is -4.41. The van der Waals surface area contributed by atoms with Crippen LogP contribution in [-0.2, 0) is 4.84 Å². The summed E-state index contributed by atoms with van der Waals surface area (Å²) >= 11 is 0. The number of hydrogen-bond donors (Lipinski definition) is 0. The van der Waals surface area contributed by atoms with Crippen molar-refractivity contribution in [3.63, 3.8) is 0 Å². The zero-order valence-corrected chi connectivity index (χ0v) is 11.3. The summed E-state index contributed by atoms with van der Waals surface area (Å²) in [4.78, 5) is 47.3. The fourth-order valence-corrected chi connectivity index (χ4v) is 1.44. The van der Waals surface area contributed by atoms with Crippen molar-refractivity contribution in [2.75, 3.05) is 7.05 Å². The van der Waals surface area contributed by atoms with Gasteiger partial charge in [-0.05, 0) is 12.1 Å². The number of amides is 1. The second-order valence-electron chi connectivity index (χ2n) is 3.97. The van der Waals surface area contributed by atoms with Crippen molar-refractivity contribution >= 4 is 23.6 Å². The first-order valence-electron chi connectivity index (χ1n) is 5.78. The first-order valence-corrected chi connectivity index (χ1v) is 5.78. The lowest BCUT2D eigenvalue weighted by Gasteiger charge is -2.13. The van der Waals surface area contributed by atoms with Crippen LogP contribution in [0.3, 0.4) is 0 Å². The normalized spacial score (nSPS) is 10.1. The Morgan fingerprint density at radius 1 is 1.00 bits per heavy atom. The molecule has 0 saturated heterocycles. The molecule has 0 aliphatic rings. The first kappa shape index (κ1) is 15.7. The van der Waals surface area contributed by atoms with Gasteiger partial charge in [-0.25, -0.2) is 4.79 Å². The Kier molecular flexibility index (Phi) is 4.07. The minimum atomic E-state index is -1.17. The molecule has 2 rings (SSSR count). The summed E-state index contributed by atoms with van der Waals surface area (Å²) < 4.78 is 9.26. The van der Waals surface area contributed by atoms with Gasteiger partial charge in [-0.1, -0.05) is 0 Å². The monoisotopic (exact) mass is 325 g/mol. The Morgan fingerprint density at radius 2 is 1.48 bits per heavy atom. The molecule has 2 heterocycles. The summed E-state index contributed by atoms with van der Waals surface area (Å²) in [7, 11) is 1.05. The molecular weight excluding hydrogens is 318 g/mol. The van der Waals surface area contributed by atoms with Crippen LogP contribution in [0.1, 0.15) is 21.1 Å². The van der Waals surface area contributed by atoms with Gasteiger partial charge < -0.3 is 13.7 Å². The number of furan rings is 2. The second-order valence-corrected chi connectivity index (χ2v) is 3.97. The van der Waals surface area contributed by atoms with Gasteiger partial charge in [-0.2, -0.15) is 5.06 Å². The van der Waals surface area contributed by atoms with E-state index in [1.165, 1.54) is 0 Å². The molecule has 0 aromatic carbocycles. The molecule has 2 aromatic rings. The molecule has 0 fully saturated rings. The predicted molar refractivity (Wildman–Crippen MR) is 68.2 cm³/mol. The smallest absolute Gasteiger partial charge is 0.395 e. The number of hydrogen-bond acceptors (Lipinski definition) is 9. The van der Waals surface area contributed by atoms with E-state index in [-0.39, 0.29) is 0 Å². The molecule has 120 valence electrons. The Labute approximate surface area is 126 Å². The van der Waals surface area contributed by atoms with E-state index in [0.717, 1.165) is 31.3 Å². The number of carbonyl (C=O) groups excluding carboxylic acids is 2. The van der Waals surface area contributed by atoms with Crippen LogP contribution in [0.4, 0.5) is 11.8 Å². The van der Waals surface area contributed by atoms with Crippen molar-refractivity contribution in [2.24, 2.45) is 0 Å². The Bertz CT molecular complexity index is 790. The molecular formula is C11H7N3O9. The van der Waals surface area contributed by atoms with E-state index in [1.54, 1.807) is 0 Å². The molecule has 0 spiro atoms. The molecule has 0 atom stereocenters. The highest BCUT2D eigenvalue weighted by Gasteiger charge is 2.25. The number of nitrogens with zero attached hydrogens (tertiary/aromatic N) is 3. The molecule has 23 heavy (non-hydrogen) atoms. The predicted octanol–water partition coefficient (Wildman–Crippen LogP) is 1.53. The standard InChI is InChI=1S/C11H7N3O9/c1-12(10(15)6-2-4-8(21-6)13(17)18)23-11(16)7-3-5-9(22-7)14(19)20/h2-5H,1H3. The maximum atomic E-state index is 11.9. The summed E-state index contributed by atoms with van der Waals surface area (Å²) in [5.41, 5.74) is 0. The molecule has 0 bridgehead atoms. The minimum absolute atomic E-state index is 0.433. The van der Waals surface area contributed by atoms with E-state index in [0.29, 0.717) is 5.06 Å². The molecule has 0 aliphatic heterocycles. The fraction of sp³-hybridized carbons (Fsp3) is 0.0909. The number of hydroxylamine groups is 2. The molecule has 0 N–H and O–H groups in total. The van der Waals surface area contributed by atoms with Crippen LogP contribution in [0, 0.1) is 20.2 Å². The van der Waals surface area contributed by atoms with E-state index in [4.69, 9.17) is 0 Å². The molecule has 0 unspecified atom stereocenters. The maximum absolute atomic E-state index is 11.9. The van der Waals surface area contributed by atoms with Crippen molar-refractivity contribution in [1.82, 2.24) is 5.06 Å². The highest BCUT2D eigenvalue weighted by atomic mass is 16.7. The largest absolute Gasteiger partial charge is 0.433 e. The van der Waals surface area contributed by atoms with E-state index in [2.05, 4.69) is 13.7 Å². The van der Waals surface area contributed by atoms with Crippen LogP contribution < -0.4 is 0 Å². The van der Waals surface area contributed by atoms with Gasteiger partial charge in [0, 0.05) is 7.05 Å². The third kappa shape index (κ3) is 3.31. The van der Waals surface area contributed by atoms with E-state index in [1.807, 2.05) is 0 Å². The number of carbonyl (C=O) groups is 2. The van der Waals surface area contributed by atoms with Crippen molar-refractivity contribution in [1.29, 1.82) is 0 Å². The minimum Gasteiger partial charge on any atom is -0.395 e. The Balaban J connectivity index is 2.05. The Morgan fingerprint density at radius 3 is 1.96 bits per heavy atom. The molecule has 0 radical (unpaired) electrons. The summed E-state index contributed by atoms with van der Waals surface area (Å²) in [6, 6.07) is 3.92. The van der Waals surface area contributed by atoms with E-state index < -0.39 is 45.0 Å². The van der Waals surface area contributed by atoms with Gasteiger partial charge >= 0.3 is 23.6 Å². The van der Waals surface area contributed by atoms with E-state index in [9.17, 15) is 29.8 Å². The number of rotatable bonds is 4. The highest BCUT2D eigenvalue weighted by Crippen LogP contribution is 2.19. The summed E-state index contributed by atoms with van der Waals surface area (Å²) in [6.07, 6.45) is 0. The molecule has 0 saturated carbocycles. The van der Waals surface area contributed by atoms with Gasteiger partial charge in [0.05, 0.1) is 12.1 Å². The fourth-order valence-electron chi connectivity index (χ4n) is 1.44. The second kappa shape index (κ2) is 5.97. The van der Waals surface area contributed by atoms with Gasteiger partial charge in [-0.3, -0.25) is 25.0 Å². The van der Waals surface area contributed by atoms with Crippen LogP contribution >= 0.6 is 0 Å². The molecule has 0 aliphatic carbocycles. The summed E-state index contributed by atoms with van der Waals surface area (Å²) in [5, 5.41) is 21.3. The van der Waals surface area contributed by atoms with Crippen LogP contribution in [0.25, 0.3) is 0 Å². The Hall–Kier alpha value is -3.70. The average molecular weight is 325 g/mol. The third-order valence-corrected chi connectivity index (χ3v) is 2.46. The molecule has 12 nitrogen and oxygen atoms in total. The van der Waals surface area contributed by atoms with Crippen LogP contribution in [0.15, 0.2) is 33.1 Å². The van der Waals surface area contributed by atoms with Crippen LogP contribution in [-0.4, -0.2) is 33.8 Å². The van der Waals surface area contributed by atoms with Crippen molar-refractivity contribution in [2.45, 2.75) is 0 Å². The van der Waals surface area contributed by atoms with Crippen molar-refractivity contribution < 1.29 is 33.1 Å². The first-order chi connectivity index (χ1) is 10.8. The van der Waals surface area contributed by atoms with Gasteiger partial charge in [0.2, 0.25) is 11.5 Å². The average Bonchev–Trinajstić information content (AvgIpc) is 3.15. The third-order valence-electron chi connectivity index (χ3n) is 2.46. The summed E-state index contributed by atoms with van der Waals surface area (Å²) in [6.45, 7) is 0. The number of nitro groups is 2. The SMILES string of the molecule is CN(OC(=O)c1ccc([N+](=O)[O-])o1)C(=O)c1ccc([N+](=O)[O-])o1.